The fraction of sp³-hybridized carbons (Fsp3) is 0.917. The molecule has 0 unspecified atom stereocenters. The van der Waals surface area contributed by atoms with Crippen LogP contribution in [0.15, 0.2) is 0 Å². The van der Waals surface area contributed by atoms with Gasteiger partial charge in [-0.3, -0.25) is 0 Å². The van der Waals surface area contributed by atoms with Gasteiger partial charge in [0.25, 0.3) is 0 Å². The van der Waals surface area contributed by atoms with Gasteiger partial charge in [0.05, 0.1) is 0 Å². The Kier molecular flexibility index (Phi) is 4.66. The lowest BCUT2D eigenvalue weighted by Crippen LogP contribution is -2.34. The Hall–Kier alpha value is -0.330. The molecule has 0 rings (SSSR count). The molecule has 13 heavy (non-hydrogen) atoms. The van der Waals surface area contributed by atoms with E-state index in [0.29, 0.717) is 11.8 Å². The molecular weight excluding hydrogens is 158 g/mol. The summed E-state index contributed by atoms with van der Waals surface area (Å²) in [5.74, 6) is 1.04. The van der Waals surface area contributed by atoms with Crippen molar-refractivity contribution in [3.8, 4) is 0 Å². The summed E-state index contributed by atoms with van der Waals surface area (Å²) in [7, 11) is 0. The molecule has 0 aromatic carbocycles. The van der Waals surface area contributed by atoms with E-state index in [1.54, 1.807) is 0 Å². The van der Waals surface area contributed by atoms with Crippen molar-refractivity contribution in [3.05, 3.63) is 0 Å². The van der Waals surface area contributed by atoms with Gasteiger partial charge in [0.15, 0.2) is 0 Å². The Morgan fingerprint density at radius 3 is 1.77 bits per heavy atom. The van der Waals surface area contributed by atoms with Gasteiger partial charge in [0.2, 0.25) is 0 Å². The number of hydrogen-bond donors (Lipinski definition) is 1. The summed E-state index contributed by atoms with van der Waals surface area (Å²) < 4.78 is 0. The molecule has 1 heteroatoms. The molecule has 0 spiro atoms. The first kappa shape index (κ1) is 12.7. The summed E-state index contributed by atoms with van der Waals surface area (Å²) >= 11 is 0. The second kappa shape index (κ2) is 4.78. The summed E-state index contributed by atoms with van der Waals surface area (Å²) in [6, 6.07) is 0. The van der Waals surface area contributed by atoms with E-state index in [4.69, 9.17) is 5.41 Å². The highest BCUT2D eigenvalue weighted by Gasteiger charge is 2.30. The fourth-order valence-electron chi connectivity index (χ4n) is 1.53. The third-order valence-electron chi connectivity index (χ3n) is 3.53. The Morgan fingerprint density at radius 2 is 1.54 bits per heavy atom. The maximum absolute atomic E-state index is 8.18. The lowest BCUT2D eigenvalue weighted by molar-refractivity contribution is 0.342. The summed E-state index contributed by atoms with van der Waals surface area (Å²) in [6.45, 7) is 13.2. The molecule has 78 valence electrons. The molecule has 0 aliphatic rings. The summed E-state index contributed by atoms with van der Waals surface area (Å²) in [5.41, 5.74) is 1.00. The Bertz CT molecular complexity index is 164. The van der Waals surface area contributed by atoms with Crippen molar-refractivity contribution in [2.24, 2.45) is 17.3 Å². The molecule has 0 aromatic rings. The van der Waals surface area contributed by atoms with Crippen LogP contribution in [0.5, 0.6) is 0 Å². The monoisotopic (exact) mass is 183 g/mol. The van der Waals surface area contributed by atoms with Crippen molar-refractivity contribution in [1.29, 1.82) is 5.41 Å². The molecule has 0 radical (unpaired) electrons. The molecule has 0 atom stereocenters. The Balaban J connectivity index is 4.56. The van der Waals surface area contributed by atoms with Crippen molar-refractivity contribution in [1.82, 2.24) is 0 Å². The van der Waals surface area contributed by atoms with Crippen LogP contribution in [0, 0.1) is 22.7 Å². The normalized spacial score (nSPS) is 12.6. The van der Waals surface area contributed by atoms with Crippen LogP contribution in [0.1, 0.15) is 54.4 Å². The zero-order valence-corrected chi connectivity index (χ0v) is 10.1. The second-order valence-corrected chi connectivity index (χ2v) is 4.80. The maximum atomic E-state index is 8.18. The predicted octanol–water partition coefficient (Wildman–Crippen LogP) is 4.12. The van der Waals surface area contributed by atoms with Crippen molar-refractivity contribution < 1.29 is 0 Å². The van der Waals surface area contributed by atoms with Crippen LogP contribution in [-0.4, -0.2) is 5.71 Å². The minimum Gasteiger partial charge on any atom is -0.309 e. The van der Waals surface area contributed by atoms with Gasteiger partial charge < -0.3 is 5.41 Å². The quantitative estimate of drug-likeness (QED) is 0.620. The van der Waals surface area contributed by atoms with Gasteiger partial charge in [0, 0.05) is 11.1 Å². The van der Waals surface area contributed by atoms with E-state index in [1.807, 2.05) is 0 Å². The first-order valence-corrected chi connectivity index (χ1v) is 5.46. The summed E-state index contributed by atoms with van der Waals surface area (Å²) in [6.07, 6.45) is 2.21. The molecule has 0 saturated heterocycles. The van der Waals surface area contributed by atoms with Gasteiger partial charge >= 0.3 is 0 Å². The largest absolute Gasteiger partial charge is 0.309 e. The van der Waals surface area contributed by atoms with Gasteiger partial charge in [-0.15, -0.1) is 0 Å². The van der Waals surface area contributed by atoms with E-state index in [9.17, 15) is 0 Å². The van der Waals surface area contributed by atoms with Crippen molar-refractivity contribution >= 4 is 5.71 Å². The molecule has 0 bridgehead atoms. The minimum absolute atomic E-state index is 0.0662. The molecule has 0 aromatic heterocycles. The van der Waals surface area contributed by atoms with Crippen LogP contribution in [-0.2, 0) is 0 Å². The first-order valence-electron chi connectivity index (χ1n) is 5.46. The zero-order chi connectivity index (χ0) is 10.6. The lowest BCUT2D eigenvalue weighted by atomic mass is 9.71. The molecule has 0 saturated carbocycles. The average molecular weight is 183 g/mol. The predicted molar refractivity (Wildman–Crippen MR) is 60.4 cm³/mol. The Labute approximate surface area is 83.4 Å². The van der Waals surface area contributed by atoms with E-state index in [1.165, 1.54) is 0 Å². The molecule has 0 heterocycles. The van der Waals surface area contributed by atoms with Crippen LogP contribution in [0.25, 0.3) is 0 Å². The van der Waals surface area contributed by atoms with Crippen LogP contribution in [0.4, 0.5) is 0 Å². The third-order valence-corrected chi connectivity index (χ3v) is 3.53. The van der Waals surface area contributed by atoms with Gasteiger partial charge in [-0.1, -0.05) is 41.5 Å². The van der Waals surface area contributed by atoms with Crippen LogP contribution >= 0.6 is 0 Å². The van der Waals surface area contributed by atoms with Crippen molar-refractivity contribution in [3.63, 3.8) is 0 Å². The molecule has 0 amide bonds. The summed E-state index contributed by atoms with van der Waals surface area (Å²) in [5, 5.41) is 8.18. The van der Waals surface area contributed by atoms with E-state index >= 15 is 0 Å². The SMILES string of the molecule is CCC(CC)C(=N)C(C)(C)C(C)C. The van der Waals surface area contributed by atoms with Crippen LogP contribution < -0.4 is 0 Å². The first-order chi connectivity index (χ1) is 5.87. The van der Waals surface area contributed by atoms with Crippen molar-refractivity contribution in [2.45, 2.75) is 54.4 Å². The number of rotatable bonds is 5. The second-order valence-electron chi connectivity index (χ2n) is 4.80. The smallest absolute Gasteiger partial charge is 0.0178 e. The minimum atomic E-state index is 0.0662. The van der Waals surface area contributed by atoms with Gasteiger partial charge in [0.1, 0.15) is 0 Å². The average Bonchev–Trinajstić information content (AvgIpc) is 2.06. The molecule has 1 N–H and O–H groups in total. The van der Waals surface area contributed by atoms with E-state index in [2.05, 4.69) is 41.5 Å². The van der Waals surface area contributed by atoms with E-state index in [0.717, 1.165) is 18.6 Å². The van der Waals surface area contributed by atoms with Crippen LogP contribution in [0.3, 0.4) is 0 Å². The lowest BCUT2D eigenvalue weighted by Gasteiger charge is -2.34. The van der Waals surface area contributed by atoms with Crippen LogP contribution in [0.2, 0.25) is 0 Å². The van der Waals surface area contributed by atoms with Crippen molar-refractivity contribution in [2.75, 3.05) is 0 Å². The summed E-state index contributed by atoms with van der Waals surface area (Å²) in [4.78, 5) is 0. The van der Waals surface area contributed by atoms with Gasteiger partial charge in [-0.05, 0) is 24.7 Å². The van der Waals surface area contributed by atoms with E-state index in [-0.39, 0.29) is 5.41 Å². The highest BCUT2D eigenvalue weighted by Crippen LogP contribution is 2.32. The highest BCUT2D eigenvalue weighted by atomic mass is 14.5. The molecule has 0 aliphatic carbocycles. The fourth-order valence-corrected chi connectivity index (χ4v) is 1.53. The highest BCUT2D eigenvalue weighted by molar-refractivity contribution is 5.89. The number of hydrogen-bond acceptors (Lipinski definition) is 1. The van der Waals surface area contributed by atoms with Gasteiger partial charge in [-0.2, -0.15) is 0 Å². The molecule has 1 nitrogen and oxygen atoms in total. The maximum Gasteiger partial charge on any atom is 0.0178 e. The Morgan fingerprint density at radius 1 is 1.15 bits per heavy atom. The zero-order valence-electron chi connectivity index (χ0n) is 10.1. The molecule has 0 aliphatic heterocycles. The van der Waals surface area contributed by atoms with E-state index < -0.39 is 0 Å². The topological polar surface area (TPSA) is 23.9 Å². The molecule has 0 fully saturated rings. The molecular formula is C12H25N. The third kappa shape index (κ3) is 2.82. The standard InChI is InChI=1S/C12H25N/c1-7-10(8-2)11(13)12(5,6)9(3)4/h9-10,13H,7-8H2,1-6H3. The van der Waals surface area contributed by atoms with Gasteiger partial charge in [-0.25, -0.2) is 0 Å². The number of nitrogens with one attached hydrogen (secondary N) is 1.